The summed E-state index contributed by atoms with van der Waals surface area (Å²) in [5.41, 5.74) is 6.79. The van der Waals surface area contributed by atoms with Gasteiger partial charge in [-0.25, -0.2) is 0 Å². The number of carbonyl (C=O) groups excluding carboxylic acids is 2. The number of hydrogen-bond donors (Lipinski definition) is 0. The van der Waals surface area contributed by atoms with Crippen LogP contribution in [0.1, 0.15) is 72.1 Å². The normalized spacial score (nSPS) is 17.2. The Hall–Kier alpha value is -2.47. The van der Waals surface area contributed by atoms with Gasteiger partial charge in [0, 0.05) is 0 Å². The molecule has 0 fully saturated rings. The van der Waals surface area contributed by atoms with E-state index >= 15 is 0 Å². The molecule has 0 heterocycles. The first-order chi connectivity index (χ1) is 16.7. The van der Waals surface area contributed by atoms with E-state index in [1.54, 1.807) is 24.3 Å². The third-order valence-corrected chi connectivity index (χ3v) is 9.76. The Morgan fingerprint density at radius 3 is 1.47 bits per heavy atom. The van der Waals surface area contributed by atoms with Gasteiger partial charge in [0.25, 0.3) is 0 Å². The third kappa shape index (κ3) is 5.27. The zero-order chi connectivity index (χ0) is 23.9. The number of hydrogen-bond acceptors (Lipinski definition) is 5. The average Bonchev–Trinajstić information content (AvgIpc) is 3.25. The Morgan fingerprint density at radius 2 is 1.06 bits per heavy atom. The van der Waals surface area contributed by atoms with Crippen molar-refractivity contribution in [3.05, 3.63) is 94.1 Å². The molecule has 176 valence electrons. The molecule has 5 nitrogen and oxygen atoms in total. The molecule has 0 unspecified atom stereocenters. The van der Waals surface area contributed by atoms with Crippen molar-refractivity contribution in [2.75, 3.05) is 7.11 Å². The summed E-state index contributed by atoms with van der Waals surface area (Å²) in [5, 5.41) is 8.25. The molecule has 0 saturated heterocycles. The van der Waals surface area contributed by atoms with Crippen molar-refractivity contribution < 1.29 is 40.0 Å². The van der Waals surface area contributed by atoms with Gasteiger partial charge in [0.15, 0.2) is 0 Å². The molecule has 2 aromatic carbocycles. The number of carbonyl (C=O) groups is 2. The van der Waals surface area contributed by atoms with Crippen LogP contribution in [0.15, 0.2) is 83.0 Å². The van der Waals surface area contributed by atoms with Crippen LogP contribution in [0.25, 0.3) is 0 Å². The molecule has 0 aromatic heterocycles. The Bertz CT molecular complexity index is 989. The standard InChI is InChI=1S/C13H17.2C7H6O2.CH3O.Ti/c1-3-7-12-10(5-1)9-11-6-2-4-8-13(11)12;2*8-7(9)6-4-2-1-3-5-6;1-2;/h9H,1-8H2;2*1-5H,(H,8,9);1H3;/q;;;-1;+3/p-2. The van der Waals surface area contributed by atoms with Gasteiger partial charge in [-0.3, -0.25) is 0 Å². The van der Waals surface area contributed by atoms with E-state index in [4.69, 9.17) is 11.7 Å². The Labute approximate surface area is 208 Å². The van der Waals surface area contributed by atoms with Gasteiger partial charge in [0.2, 0.25) is 0 Å². The van der Waals surface area contributed by atoms with Gasteiger partial charge in [0.1, 0.15) is 0 Å². The minimum absolute atomic E-state index is 0.0147. The summed E-state index contributed by atoms with van der Waals surface area (Å²) >= 11 is -3.10. The maximum absolute atomic E-state index is 13.0. The zero-order valence-corrected chi connectivity index (χ0v) is 21.1. The molecule has 2 aromatic rings. The summed E-state index contributed by atoms with van der Waals surface area (Å²) in [7, 11) is 0.750. The van der Waals surface area contributed by atoms with Gasteiger partial charge in [-0.2, -0.15) is 7.11 Å². The van der Waals surface area contributed by atoms with Crippen molar-refractivity contribution in [2.45, 2.75) is 55.6 Å². The van der Waals surface area contributed by atoms with Crippen LogP contribution >= 0.6 is 0 Å². The summed E-state index contributed by atoms with van der Waals surface area (Å²) in [4.78, 5) is 26.1. The Kier molecular flexibility index (Phi) is 8.55. The average molecular weight is 494 g/mol. The summed E-state index contributed by atoms with van der Waals surface area (Å²) in [5.74, 6) is -0.770. The van der Waals surface area contributed by atoms with Crippen molar-refractivity contribution >= 4 is 11.9 Å². The van der Waals surface area contributed by atoms with E-state index < -0.39 is 18.6 Å². The van der Waals surface area contributed by atoms with Crippen molar-refractivity contribution in [3.8, 4) is 0 Å². The molecule has 0 saturated carbocycles. The molecule has 6 heteroatoms. The minimum atomic E-state index is -3.10. The monoisotopic (exact) mass is 494 g/mol. The molecular weight excluding hydrogens is 464 g/mol. The quantitative estimate of drug-likeness (QED) is 0.501. The molecule has 0 spiro atoms. The molecule has 3 aliphatic carbocycles. The molecular formula is C28H30O5Ti. The predicted molar refractivity (Wildman–Crippen MR) is 124 cm³/mol. The zero-order valence-electron chi connectivity index (χ0n) is 19.5. The molecule has 0 bridgehead atoms. The molecule has 5 rings (SSSR count). The van der Waals surface area contributed by atoms with Crippen LogP contribution in [-0.4, -0.2) is 19.0 Å². The van der Waals surface area contributed by atoms with E-state index in [0.717, 1.165) is 45.6 Å². The van der Waals surface area contributed by atoms with Gasteiger partial charge in [0.05, 0.1) is 0 Å². The second-order valence-corrected chi connectivity index (χ2v) is 11.2. The van der Waals surface area contributed by atoms with Crippen LogP contribution < -0.4 is 5.11 Å². The van der Waals surface area contributed by atoms with Gasteiger partial charge < -0.3 is 5.11 Å². The molecule has 0 aliphatic heterocycles. The van der Waals surface area contributed by atoms with Crippen LogP contribution in [0.4, 0.5) is 0 Å². The number of allylic oxidation sites excluding steroid dienone is 4. The van der Waals surface area contributed by atoms with Crippen LogP contribution in [0.5, 0.6) is 0 Å². The molecule has 34 heavy (non-hydrogen) atoms. The van der Waals surface area contributed by atoms with Gasteiger partial charge in [-0.05, 0) is 0 Å². The maximum atomic E-state index is 13.0. The van der Waals surface area contributed by atoms with Gasteiger partial charge >= 0.3 is 196 Å². The van der Waals surface area contributed by atoms with Crippen LogP contribution in [0.3, 0.4) is 0 Å². The van der Waals surface area contributed by atoms with E-state index in [-0.39, 0.29) is 16.2 Å². The van der Waals surface area contributed by atoms with Crippen LogP contribution in [0.2, 0.25) is 4.22 Å². The topological polar surface area (TPSA) is 75.7 Å². The van der Waals surface area contributed by atoms with Gasteiger partial charge in [-0.15, -0.1) is 0 Å². The van der Waals surface area contributed by atoms with E-state index in [1.807, 2.05) is 36.4 Å². The first-order valence-corrected chi connectivity index (χ1v) is 14.2. The fraction of sp³-hybridized carbons (Fsp3) is 0.357. The van der Waals surface area contributed by atoms with Crippen LogP contribution in [0, 0.1) is 0 Å². The fourth-order valence-electron chi connectivity index (χ4n) is 5.27. The molecule has 3 aliphatic rings. The SMILES string of the molecule is C[O-].O=C([O][Ti+]([O]C(=O)c1ccccc1)[CH]1C2=C(CCCC2)C2=C1CCCC2)c1ccccc1. The predicted octanol–water partition coefficient (Wildman–Crippen LogP) is 5.67. The second kappa shape index (κ2) is 11.8. The van der Waals surface area contributed by atoms with Gasteiger partial charge in [-0.1, -0.05) is 0 Å². The summed E-state index contributed by atoms with van der Waals surface area (Å²) in [6.45, 7) is 0. The third-order valence-electron chi connectivity index (χ3n) is 6.72. The molecule has 0 amide bonds. The first kappa shape index (κ1) is 24.7. The summed E-state index contributed by atoms with van der Waals surface area (Å²) in [6, 6.07) is 18.1. The van der Waals surface area contributed by atoms with Crippen molar-refractivity contribution in [3.63, 3.8) is 0 Å². The second-order valence-electron chi connectivity index (χ2n) is 8.68. The Balaban J connectivity index is 0.00000133. The van der Waals surface area contributed by atoms with E-state index in [0.29, 0.717) is 11.1 Å². The summed E-state index contributed by atoms with van der Waals surface area (Å²) in [6.07, 6.45) is 8.99. The van der Waals surface area contributed by atoms with E-state index in [2.05, 4.69) is 0 Å². The van der Waals surface area contributed by atoms with Crippen molar-refractivity contribution in [1.82, 2.24) is 0 Å². The van der Waals surface area contributed by atoms with Crippen LogP contribution in [-0.2, 0) is 25.3 Å². The number of benzene rings is 2. The van der Waals surface area contributed by atoms with Crippen molar-refractivity contribution in [2.24, 2.45) is 0 Å². The number of rotatable bonds is 5. The molecule has 0 atom stereocenters. The van der Waals surface area contributed by atoms with Crippen molar-refractivity contribution in [1.29, 1.82) is 0 Å². The fourth-order valence-corrected chi connectivity index (χ4v) is 8.52. The first-order valence-electron chi connectivity index (χ1n) is 12.0. The van der Waals surface area contributed by atoms with E-state index in [1.165, 1.54) is 35.1 Å². The Morgan fingerprint density at radius 1 is 0.676 bits per heavy atom. The number of fused-ring (bicyclic) bond motifs is 1. The molecule has 0 N–H and O–H groups in total. The summed E-state index contributed by atoms with van der Waals surface area (Å²) < 4.78 is 12.3. The molecule has 0 radical (unpaired) electrons. The van der Waals surface area contributed by atoms with E-state index in [9.17, 15) is 9.59 Å².